The summed E-state index contributed by atoms with van der Waals surface area (Å²) in [6.07, 6.45) is 2.53. The second-order valence-electron chi connectivity index (χ2n) is 5.90. The number of hydrogen-bond donors (Lipinski definition) is 0. The van der Waals surface area contributed by atoms with Gasteiger partial charge in [-0.05, 0) is 29.8 Å². The summed E-state index contributed by atoms with van der Waals surface area (Å²) < 4.78 is 28.6. The molecule has 0 aliphatic rings. The van der Waals surface area contributed by atoms with Gasteiger partial charge in [0.25, 0.3) is 5.91 Å². The van der Waals surface area contributed by atoms with Crippen LogP contribution in [-0.2, 0) is 20.9 Å². The van der Waals surface area contributed by atoms with Crippen molar-refractivity contribution < 1.29 is 28.2 Å². The Bertz CT molecular complexity index is 866. The minimum Gasteiger partial charge on any atom is -0.496 e. The molecule has 0 radical (unpaired) electrons. The largest absolute Gasteiger partial charge is 0.496 e. The molecule has 2 aromatic carbocycles. The molecular weight excluding hydrogens is 365 g/mol. The molecule has 148 valence electrons. The van der Waals surface area contributed by atoms with Gasteiger partial charge in [0.2, 0.25) is 0 Å². The standard InChI is InChI=1S/C21H22FNO5/c1-23(13-16-6-4-5-7-18(16)26-2)20(24)14-28-21(25)11-9-15-8-10-19(27-3)17(22)12-15/h4-12H,13-14H2,1-3H3/b11-9+. The van der Waals surface area contributed by atoms with Gasteiger partial charge in [0.05, 0.1) is 14.2 Å². The van der Waals surface area contributed by atoms with Crippen LogP contribution in [0.1, 0.15) is 11.1 Å². The van der Waals surface area contributed by atoms with E-state index < -0.39 is 18.4 Å². The number of carbonyl (C=O) groups is 2. The van der Waals surface area contributed by atoms with Gasteiger partial charge >= 0.3 is 5.97 Å². The number of benzene rings is 2. The fraction of sp³-hybridized carbons (Fsp3) is 0.238. The van der Waals surface area contributed by atoms with Crippen LogP contribution >= 0.6 is 0 Å². The average molecular weight is 387 g/mol. The second-order valence-corrected chi connectivity index (χ2v) is 5.90. The monoisotopic (exact) mass is 387 g/mol. The molecule has 0 unspecified atom stereocenters. The predicted molar refractivity (Wildman–Crippen MR) is 102 cm³/mol. The van der Waals surface area contributed by atoms with Crippen molar-refractivity contribution >= 4 is 18.0 Å². The first-order chi connectivity index (χ1) is 13.4. The summed E-state index contributed by atoms with van der Waals surface area (Å²) in [5.74, 6) is -0.804. The molecule has 0 aliphatic carbocycles. The highest BCUT2D eigenvalue weighted by molar-refractivity contribution is 5.89. The maximum Gasteiger partial charge on any atom is 0.331 e. The minimum absolute atomic E-state index is 0.114. The van der Waals surface area contributed by atoms with Gasteiger partial charge in [-0.2, -0.15) is 0 Å². The Balaban J connectivity index is 1.86. The summed E-state index contributed by atoms with van der Waals surface area (Å²) in [7, 11) is 4.54. The first-order valence-electron chi connectivity index (χ1n) is 8.48. The van der Waals surface area contributed by atoms with E-state index in [0.717, 1.165) is 11.6 Å². The molecule has 2 aromatic rings. The summed E-state index contributed by atoms with van der Waals surface area (Å²) in [6, 6.07) is 11.6. The molecule has 0 aromatic heterocycles. The van der Waals surface area contributed by atoms with Gasteiger partial charge in [0.15, 0.2) is 18.2 Å². The zero-order valence-corrected chi connectivity index (χ0v) is 16.0. The van der Waals surface area contributed by atoms with E-state index in [-0.39, 0.29) is 11.7 Å². The van der Waals surface area contributed by atoms with E-state index in [1.54, 1.807) is 26.3 Å². The number of esters is 1. The van der Waals surface area contributed by atoms with Crippen LogP contribution in [0.3, 0.4) is 0 Å². The SMILES string of the molecule is COc1ccc(/C=C/C(=O)OCC(=O)N(C)Cc2ccccc2OC)cc1F. The third kappa shape index (κ3) is 5.84. The van der Waals surface area contributed by atoms with Crippen LogP contribution in [0.5, 0.6) is 11.5 Å². The molecule has 2 rings (SSSR count). The van der Waals surface area contributed by atoms with Crippen molar-refractivity contribution in [1.82, 2.24) is 4.90 Å². The maximum atomic E-state index is 13.6. The Morgan fingerprint density at radius 3 is 2.46 bits per heavy atom. The van der Waals surface area contributed by atoms with Crippen LogP contribution in [-0.4, -0.2) is 44.7 Å². The summed E-state index contributed by atoms with van der Waals surface area (Å²) in [5.41, 5.74) is 1.31. The Kier molecular flexibility index (Phi) is 7.56. The number of nitrogens with zero attached hydrogens (tertiary/aromatic N) is 1. The van der Waals surface area contributed by atoms with E-state index in [1.165, 1.54) is 30.2 Å². The molecule has 6 nitrogen and oxygen atoms in total. The number of para-hydroxylation sites is 1. The summed E-state index contributed by atoms with van der Waals surface area (Å²) in [6.45, 7) is -0.0762. The third-order valence-electron chi connectivity index (χ3n) is 3.95. The third-order valence-corrected chi connectivity index (χ3v) is 3.95. The Morgan fingerprint density at radius 2 is 1.79 bits per heavy atom. The minimum atomic E-state index is -0.699. The molecule has 0 N–H and O–H groups in total. The quantitative estimate of drug-likeness (QED) is 0.515. The highest BCUT2D eigenvalue weighted by Crippen LogP contribution is 2.19. The van der Waals surface area contributed by atoms with Crippen molar-refractivity contribution in [2.24, 2.45) is 0 Å². The lowest BCUT2D eigenvalue weighted by atomic mass is 10.2. The molecule has 7 heteroatoms. The lowest BCUT2D eigenvalue weighted by molar-refractivity contribution is -0.147. The van der Waals surface area contributed by atoms with Gasteiger partial charge in [0, 0.05) is 25.2 Å². The molecule has 0 spiro atoms. The first-order valence-corrected chi connectivity index (χ1v) is 8.48. The normalized spacial score (nSPS) is 10.6. The van der Waals surface area contributed by atoms with Crippen molar-refractivity contribution in [3.05, 3.63) is 65.5 Å². The van der Waals surface area contributed by atoms with E-state index in [9.17, 15) is 14.0 Å². The fourth-order valence-corrected chi connectivity index (χ4v) is 2.42. The van der Waals surface area contributed by atoms with Crippen LogP contribution in [0.4, 0.5) is 4.39 Å². The van der Waals surface area contributed by atoms with E-state index in [2.05, 4.69) is 0 Å². The fourth-order valence-electron chi connectivity index (χ4n) is 2.42. The smallest absolute Gasteiger partial charge is 0.331 e. The number of likely N-dealkylation sites (N-methyl/N-ethyl adjacent to an activating group) is 1. The zero-order valence-electron chi connectivity index (χ0n) is 16.0. The molecule has 0 saturated carbocycles. The first kappa shape index (κ1) is 21.0. The van der Waals surface area contributed by atoms with Gasteiger partial charge in [-0.3, -0.25) is 4.79 Å². The average Bonchev–Trinajstić information content (AvgIpc) is 2.70. The van der Waals surface area contributed by atoms with Crippen LogP contribution in [0.2, 0.25) is 0 Å². The number of hydrogen-bond acceptors (Lipinski definition) is 5. The highest BCUT2D eigenvalue weighted by atomic mass is 19.1. The van der Waals surface area contributed by atoms with Gasteiger partial charge in [-0.25, -0.2) is 9.18 Å². The number of amides is 1. The summed E-state index contributed by atoms with van der Waals surface area (Å²) in [5, 5.41) is 0. The molecule has 0 aliphatic heterocycles. The van der Waals surface area contributed by atoms with Crippen LogP contribution in [0.15, 0.2) is 48.5 Å². The van der Waals surface area contributed by atoms with Gasteiger partial charge in [-0.1, -0.05) is 24.3 Å². The Labute approximate surface area is 163 Å². The number of halogens is 1. The van der Waals surface area contributed by atoms with E-state index in [1.807, 2.05) is 18.2 Å². The van der Waals surface area contributed by atoms with Gasteiger partial charge in [-0.15, -0.1) is 0 Å². The summed E-state index contributed by atoms with van der Waals surface area (Å²) in [4.78, 5) is 25.4. The van der Waals surface area contributed by atoms with Gasteiger partial charge < -0.3 is 19.1 Å². The number of carbonyl (C=O) groups excluding carboxylic acids is 2. The predicted octanol–water partition coefficient (Wildman–Crippen LogP) is 3.06. The van der Waals surface area contributed by atoms with Crippen molar-refractivity contribution in [3.63, 3.8) is 0 Å². The lowest BCUT2D eigenvalue weighted by Gasteiger charge is -2.18. The molecule has 0 bridgehead atoms. The molecule has 0 heterocycles. The van der Waals surface area contributed by atoms with Crippen molar-refractivity contribution in [2.45, 2.75) is 6.54 Å². The molecule has 1 amide bonds. The van der Waals surface area contributed by atoms with Crippen LogP contribution in [0.25, 0.3) is 6.08 Å². The molecular formula is C21H22FNO5. The van der Waals surface area contributed by atoms with Crippen molar-refractivity contribution in [2.75, 3.05) is 27.9 Å². The summed E-state index contributed by atoms with van der Waals surface area (Å²) >= 11 is 0. The van der Waals surface area contributed by atoms with Crippen LogP contribution < -0.4 is 9.47 Å². The molecule has 0 fully saturated rings. The molecule has 0 atom stereocenters. The molecule has 28 heavy (non-hydrogen) atoms. The molecule has 0 saturated heterocycles. The Morgan fingerprint density at radius 1 is 1.07 bits per heavy atom. The number of ether oxygens (including phenoxy) is 3. The van der Waals surface area contributed by atoms with E-state index >= 15 is 0 Å². The van der Waals surface area contributed by atoms with Crippen LogP contribution in [0, 0.1) is 5.82 Å². The number of rotatable bonds is 8. The lowest BCUT2D eigenvalue weighted by Crippen LogP contribution is -2.30. The van der Waals surface area contributed by atoms with Crippen molar-refractivity contribution in [1.29, 1.82) is 0 Å². The Hall–Kier alpha value is -3.35. The second kappa shape index (κ2) is 10.1. The van der Waals surface area contributed by atoms with Gasteiger partial charge in [0.1, 0.15) is 5.75 Å². The number of methoxy groups -OCH3 is 2. The maximum absolute atomic E-state index is 13.6. The van der Waals surface area contributed by atoms with E-state index in [4.69, 9.17) is 14.2 Å². The highest BCUT2D eigenvalue weighted by Gasteiger charge is 2.13. The van der Waals surface area contributed by atoms with Crippen molar-refractivity contribution in [3.8, 4) is 11.5 Å². The topological polar surface area (TPSA) is 65.1 Å². The zero-order chi connectivity index (χ0) is 20.5. The van der Waals surface area contributed by atoms with E-state index in [0.29, 0.717) is 17.9 Å².